The molecule has 21 heavy (non-hydrogen) atoms. The first-order valence-electron chi connectivity index (χ1n) is 6.92. The molecule has 1 aromatic carbocycles. The maximum atomic E-state index is 5.53. The zero-order chi connectivity index (χ0) is 15.6. The van der Waals surface area contributed by atoms with Gasteiger partial charge in [0.15, 0.2) is 0 Å². The Hall–Kier alpha value is -2.01. The lowest BCUT2D eigenvalue weighted by Crippen LogP contribution is -2.20. The molecular formula is C16H23N3O2. The maximum absolute atomic E-state index is 5.53. The Labute approximate surface area is 125 Å². The van der Waals surface area contributed by atoms with Crippen LogP contribution in [0.15, 0.2) is 18.2 Å². The molecule has 0 radical (unpaired) electrons. The van der Waals surface area contributed by atoms with Crippen LogP contribution in [0, 0.1) is 13.8 Å². The average Bonchev–Trinajstić information content (AvgIpc) is 2.74. The second-order valence-electron chi connectivity index (χ2n) is 5.04. The summed E-state index contributed by atoms with van der Waals surface area (Å²) in [7, 11) is 7.23. The molecule has 1 N–H and O–H groups in total. The fourth-order valence-electron chi connectivity index (χ4n) is 2.72. The van der Waals surface area contributed by atoms with Crippen molar-refractivity contribution in [1.29, 1.82) is 0 Å². The van der Waals surface area contributed by atoms with Crippen molar-refractivity contribution >= 4 is 0 Å². The van der Waals surface area contributed by atoms with E-state index in [1.54, 1.807) is 14.2 Å². The molecule has 0 fully saturated rings. The monoisotopic (exact) mass is 289 g/mol. The molecule has 1 aromatic heterocycles. The molecule has 5 nitrogen and oxygen atoms in total. The van der Waals surface area contributed by atoms with Crippen molar-refractivity contribution in [2.75, 3.05) is 21.3 Å². The molecule has 0 aliphatic rings. The van der Waals surface area contributed by atoms with E-state index in [-0.39, 0.29) is 6.04 Å². The maximum Gasteiger partial charge on any atom is 0.127 e. The molecule has 0 aliphatic heterocycles. The number of methoxy groups -OCH3 is 2. The molecule has 1 atom stereocenters. The highest BCUT2D eigenvalue weighted by Gasteiger charge is 2.23. The minimum atomic E-state index is 0.0274. The molecule has 2 aromatic rings. The number of aromatic nitrogens is 2. The first kappa shape index (κ1) is 15.4. The summed E-state index contributed by atoms with van der Waals surface area (Å²) in [5, 5.41) is 7.87. The van der Waals surface area contributed by atoms with Gasteiger partial charge in [0.05, 0.1) is 26.0 Å². The third-order valence-electron chi connectivity index (χ3n) is 3.89. The summed E-state index contributed by atoms with van der Waals surface area (Å²) >= 11 is 0. The first-order chi connectivity index (χ1) is 10.0. The van der Waals surface area contributed by atoms with Gasteiger partial charge in [-0.25, -0.2) is 0 Å². The van der Waals surface area contributed by atoms with Crippen molar-refractivity contribution in [2.24, 2.45) is 7.05 Å². The smallest absolute Gasteiger partial charge is 0.127 e. The van der Waals surface area contributed by atoms with E-state index in [9.17, 15) is 0 Å². The fraction of sp³-hybridized carbons (Fsp3) is 0.438. The summed E-state index contributed by atoms with van der Waals surface area (Å²) in [6.45, 7) is 4.11. The Kier molecular flexibility index (Phi) is 4.53. The van der Waals surface area contributed by atoms with Gasteiger partial charge in [-0.05, 0) is 33.0 Å². The number of ether oxygens (including phenoxy) is 2. The van der Waals surface area contributed by atoms with Crippen LogP contribution in [-0.2, 0) is 7.05 Å². The quantitative estimate of drug-likeness (QED) is 0.918. The van der Waals surface area contributed by atoms with E-state index in [0.29, 0.717) is 0 Å². The lowest BCUT2D eigenvalue weighted by Gasteiger charge is -2.21. The Morgan fingerprint density at radius 3 is 2.38 bits per heavy atom. The average molecular weight is 289 g/mol. The molecule has 0 bridgehead atoms. The van der Waals surface area contributed by atoms with Crippen LogP contribution in [0.4, 0.5) is 0 Å². The van der Waals surface area contributed by atoms with Crippen LogP contribution in [0.25, 0.3) is 0 Å². The van der Waals surface area contributed by atoms with Gasteiger partial charge in [0.2, 0.25) is 0 Å². The summed E-state index contributed by atoms with van der Waals surface area (Å²) in [6.07, 6.45) is 0. The topological polar surface area (TPSA) is 48.3 Å². The van der Waals surface area contributed by atoms with Gasteiger partial charge >= 0.3 is 0 Å². The molecule has 1 heterocycles. The van der Waals surface area contributed by atoms with E-state index in [2.05, 4.69) is 17.3 Å². The Morgan fingerprint density at radius 1 is 1.19 bits per heavy atom. The fourth-order valence-corrected chi connectivity index (χ4v) is 2.72. The molecule has 0 saturated carbocycles. The van der Waals surface area contributed by atoms with Crippen molar-refractivity contribution in [2.45, 2.75) is 19.9 Å². The number of hydrogen-bond donors (Lipinski definition) is 1. The third kappa shape index (κ3) is 2.74. The summed E-state index contributed by atoms with van der Waals surface area (Å²) in [5.41, 5.74) is 4.42. The number of benzene rings is 1. The van der Waals surface area contributed by atoms with Gasteiger partial charge in [-0.1, -0.05) is 0 Å². The molecule has 0 amide bonds. The number of nitrogens with one attached hydrogen (secondary N) is 1. The minimum absolute atomic E-state index is 0.0274. The van der Waals surface area contributed by atoms with Gasteiger partial charge in [-0.2, -0.15) is 5.10 Å². The predicted octanol–water partition coefficient (Wildman–Crippen LogP) is 2.36. The van der Waals surface area contributed by atoms with E-state index >= 15 is 0 Å². The summed E-state index contributed by atoms with van der Waals surface area (Å²) in [4.78, 5) is 0. The van der Waals surface area contributed by atoms with Crippen molar-refractivity contribution < 1.29 is 9.47 Å². The second-order valence-corrected chi connectivity index (χ2v) is 5.04. The number of hydrogen-bond acceptors (Lipinski definition) is 4. The van der Waals surface area contributed by atoms with Crippen molar-refractivity contribution in [1.82, 2.24) is 15.1 Å². The van der Waals surface area contributed by atoms with Crippen molar-refractivity contribution in [3.63, 3.8) is 0 Å². The van der Waals surface area contributed by atoms with E-state index in [1.807, 2.05) is 43.9 Å². The van der Waals surface area contributed by atoms with E-state index in [0.717, 1.165) is 28.5 Å². The normalized spacial score (nSPS) is 12.3. The SMILES string of the molecule is CNC(c1ccc(OC)cc1OC)c1c(C)nn(C)c1C. The summed E-state index contributed by atoms with van der Waals surface area (Å²) < 4.78 is 12.7. The third-order valence-corrected chi connectivity index (χ3v) is 3.89. The van der Waals surface area contributed by atoms with Crippen molar-refractivity contribution in [3.8, 4) is 11.5 Å². The highest BCUT2D eigenvalue weighted by Crippen LogP contribution is 2.35. The zero-order valence-corrected chi connectivity index (χ0v) is 13.5. The summed E-state index contributed by atoms with van der Waals surface area (Å²) in [5.74, 6) is 1.58. The van der Waals surface area contributed by atoms with E-state index in [4.69, 9.17) is 9.47 Å². The van der Waals surface area contributed by atoms with Crippen LogP contribution in [0.1, 0.15) is 28.6 Å². The van der Waals surface area contributed by atoms with Gasteiger partial charge in [-0.15, -0.1) is 0 Å². The van der Waals surface area contributed by atoms with Crippen LogP contribution in [0.2, 0.25) is 0 Å². The van der Waals surface area contributed by atoms with Gasteiger partial charge < -0.3 is 14.8 Å². The number of nitrogens with zero attached hydrogens (tertiary/aromatic N) is 2. The standard InChI is InChI=1S/C16H23N3O2/c1-10-15(11(2)19(4)18-10)16(17-3)13-8-7-12(20-5)9-14(13)21-6/h7-9,16-17H,1-6H3. The molecule has 1 unspecified atom stereocenters. The van der Waals surface area contributed by atoms with Crippen LogP contribution in [0.3, 0.4) is 0 Å². The first-order valence-corrected chi connectivity index (χ1v) is 6.92. The summed E-state index contributed by atoms with van der Waals surface area (Å²) in [6, 6.07) is 5.91. The minimum Gasteiger partial charge on any atom is -0.497 e. The van der Waals surface area contributed by atoms with Crippen LogP contribution >= 0.6 is 0 Å². The molecule has 0 spiro atoms. The lowest BCUT2D eigenvalue weighted by molar-refractivity contribution is 0.388. The molecule has 5 heteroatoms. The molecule has 0 saturated heterocycles. The lowest BCUT2D eigenvalue weighted by atomic mass is 9.96. The molecular weight excluding hydrogens is 266 g/mol. The van der Waals surface area contributed by atoms with Gasteiger partial charge in [0, 0.05) is 29.9 Å². The Balaban J connectivity index is 2.56. The van der Waals surface area contributed by atoms with Crippen LogP contribution in [-0.4, -0.2) is 31.0 Å². The van der Waals surface area contributed by atoms with Gasteiger partial charge in [0.25, 0.3) is 0 Å². The van der Waals surface area contributed by atoms with Crippen LogP contribution in [0.5, 0.6) is 11.5 Å². The largest absolute Gasteiger partial charge is 0.497 e. The molecule has 114 valence electrons. The zero-order valence-electron chi connectivity index (χ0n) is 13.5. The van der Waals surface area contributed by atoms with Gasteiger partial charge in [-0.3, -0.25) is 4.68 Å². The molecule has 0 aliphatic carbocycles. The second kappa shape index (κ2) is 6.18. The Morgan fingerprint density at radius 2 is 1.90 bits per heavy atom. The van der Waals surface area contributed by atoms with Gasteiger partial charge in [0.1, 0.15) is 11.5 Å². The number of aryl methyl sites for hydroxylation is 2. The predicted molar refractivity (Wildman–Crippen MR) is 83.1 cm³/mol. The highest BCUT2D eigenvalue weighted by atomic mass is 16.5. The van der Waals surface area contributed by atoms with Crippen molar-refractivity contribution in [3.05, 3.63) is 40.7 Å². The highest BCUT2D eigenvalue weighted by molar-refractivity contribution is 5.47. The van der Waals surface area contributed by atoms with Crippen LogP contribution < -0.4 is 14.8 Å². The van der Waals surface area contributed by atoms with E-state index in [1.165, 1.54) is 5.56 Å². The molecule has 2 rings (SSSR count). The Bertz CT molecular complexity index is 635. The van der Waals surface area contributed by atoms with E-state index < -0.39 is 0 Å². The number of rotatable bonds is 5.